The van der Waals surface area contributed by atoms with Gasteiger partial charge in [-0.3, -0.25) is 14.6 Å². The van der Waals surface area contributed by atoms with Gasteiger partial charge in [0.2, 0.25) is 5.95 Å². The lowest BCUT2D eigenvalue weighted by Gasteiger charge is -2.43. The molecule has 0 radical (unpaired) electrons. The summed E-state index contributed by atoms with van der Waals surface area (Å²) in [5.74, 6) is 0.727. The van der Waals surface area contributed by atoms with Crippen LogP contribution >= 0.6 is 0 Å². The van der Waals surface area contributed by atoms with Gasteiger partial charge in [0, 0.05) is 62.4 Å². The summed E-state index contributed by atoms with van der Waals surface area (Å²) in [5.41, 5.74) is 1.63. The zero-order valence-corrected chi connectivity index (χ0v) is 21.4. The van der Waals surface area contributed by atoms with Crippen molar-refractivity contribution in [3.63, 3.8) is 0 Å². The van der Waals surface area contributed by atoms with Crippen LogP contribution in [0.5, 0.6) is 0 Å². The third kappa shape index (κ3) is 4.33. The smallest absolute Gasteiger partial charge is 0.268 e. The van der Waals surface area contributed by atoms with E-state index in [1.807, 2.05) is 12.3 Å². The van der Waals surface area contributed by atoms with Crippen LogP contribution in [0.3, 0.4) is 0 Å². The van der Waals surface area contributed by atoms with Gasteiger partial charge in [-0.2, -0.15) is 4.98 Å². The van der Waals surface area contributed by atoms with Crippen molar-refractivity contribution in [1.82, 2.24) is 29.7 Å². The fourth-order valence-electron chi connectivity index (χ4n) is 7.12. The van der Waals surface area contributed by atoms with E-state index in [1.165, 1.54) is 58.3 Å². The second kappa shape index (κ2) is 9.36. The number of fused-ring (bicyclic) bond motifs is 4. The standard InChI is InChI=1S/C27H41N7O/c1-19(2)32-12-14-33(15-13-32)22-8-6-21(7-9-22)30-26-28-17-20-16-23-25(35)29-18-27(10-4-3-5-11-27)34(23)24(20)31-26/h16-17,19,21-22H,3-15,18H2,1-2H3,(H,29,35)(H,28,30,31). The Morgan fingerprint density at radius 3 is 2.51 bits per heavy atom. The van der Waals surface area contributed by atoms with Crippen LogP contribution in [0.2, 0.25) is 0 Å². The lowest BCUT2D eigenvalue weighted by atomic mass is 9.80. The van der Waals surface area contributed by atoms with Gasteiger partial charge >= 0.3 is 0 Å². The summed E-state index contributed by atoms with van der Waals surface area (Å²) in [4.78, 5) is 27.7. The third-order valence-corrected chi connectivity index (χ3v) is 9.24. The van der Waals surface area contributed by atoms with Crippen molar-refractivity contribution in [2.45, 2.75) is 95.3 Å². The van der Waals surface area contributed by atoms with Gasteiger partial charge in [0.15, 0.2) is 0 Å². The van der Waals surface area contributed by atoms with Crippen LogP contribution < -0.4 is 10.6 Å². The third-order valence-electron chi connectivity index (χ3n) is 9.24. The van der Waals surface area contributed by atoms with E-state index in [2.05, 4.69) is 43.8 Å². The molecule has 8 nitrogen and oxygen atoms in total. The van der Waals surface area contributed by atoms with Gasteiger partial charge in [0.1, 0.15) is 11.3 Å². The topological polar surface area (TPSA) is 78.3 Å². The molecular weight excluding hydrogens is 438 g/mol. The quantitative estimate of drug-likeness (QED) is 0.698. The molecule has 0 bridgehead atoms. The van der Waals surface area contributed by atoms with Crippen LogP contribution in [0.15, 0.2) is 12.3 Å². The molecule has 2 N–H and O–H groups in total. The molecule has 0 atom stereocenters. The van der Waals surface area contributed by atoms with Crippen molar-refractivity contribution >= 4 is 22.9 Å². The Bertz CT molecular complexity index is 1060. The van der Waals surface area contributed by atoms with Gasteiger partial charge < -0.3 is 15.2 Å². The lowest BCUT2D eigenvalue weighted by Crippen LogP contribution is -2.53. The van der Waals surface area contributed by atoms with Crippen molar-refractivity contribution in [2.24, 2.45) is 0 Å². The molecule has 3 fully saturated rings. The summed E-state index contributed by atoms with van der Waals surface area (Å²) in [5, 5.41) is 7.77. The zero-order chi connectivity index (χ0) is 24.0. The number of carbonyl (C=O) groups is 1. The number of nitrogens with zero attached hydrogens (tertiary/aromatic N) is 5. The second-order valence-corrected chi connectivity index (χ2v) is 11.6. The molecule has 8 heteroatoms. The number of anilines is 1. The maximum absolute atomic E-state index is 12.7. The molecule has 0 unspecified atom stereocenters. The minimum Gasteiger partial charge on any atom is -0.351 e. The molecule has 1 saturated heterocycles. The Morgan fingerprint density at radius 2 is 1.80 bits per heavy atom. The highest BCUT2D eigenvalue weighted by Gasteiger charge is 2.41. The molecule has 6 rings (SSSR count). The van der Waals surface area contributed by atoms with E-state index in [9.17, 15) is 4.79 Å². The first-order valence-corrected chi connectivity index (χ1v) is 13.9. The summed E-state index contributed by atoms with van der Waals surface area (Å²) in [6.07, 6.45) is 12.6. The number of hydrogen-bond acceptors (Lipinski definition) is 6. The van der Waals surface area contributed by atoms with Crippen LogP contribution in [-0.2, 0) is 5.54 Å². The molecular formula is C27H41N7O. The number of aromatic nitrogens is 3. The Kier molecular flexibility index (Phi) is 6.21. The summed E-state index contributed by atoms with van der Waals surface area (Å²) >= 11 is 0. The molecule has 2 aromatic heterocycles. The summed E-state index contributed by atoms with van der Waals surface area (Å²) in [6.45, 7) is 10.1. The van der Waals surface area contributed by atoms with Crippen molar-refractivity contribution in [2.75, 3.05) is 38.0 Å². The Balaban J connectivity index is 1.14. The molecule has 2 aliphatic heterocycles. The predicted molar refractivity (Wildman–Crippen MR) is 139 cm³/mol. The van der Waals surface area contributed by atoms with Gasteiger partial charge in [-0.05, 0) is 58.4 Å². The molecule has 4 aliphatic rings. The minimum atomic E-state index is -0.0352. The van der Waals surface area contributed by atoms with E-state index >= 15 is 0 Å². The van der Waals surface area contributed by atoms with Gasteiger partial charge in [-0.15, -0.1) is 0 Å². The Labute approximate surface area is 208 Å². The molecule has 2 saturated carbocycles. The molecule has 190 valence electrons. The van der Waals surface area contributed by atoms with E-state index in [4.69, 9.17) is 4.98 Å². The maximum atomic E-state index is 12.7. The molecule has 1 spiro atoms. The number of amides is 1. The number of hydrogen-bond donors (Lipinski definition) is 2. The highest BCUT2D eigenvalue weighted by atomic mass is 16.2. The molecule has 2 aromatic rings. The Morgan fingerprint density at radius 1 is 1.06 bits per heavy atom. The van der Waals surface area contributed by atoms with E-state index in [0.717, 1.165) is 42.4 Å². The van der Waals surface area contributed by atoms with Gasteiger partial charge in [-0.1, -0.05) is 19.3 Å². The first kappa shape index (κ1) is 23.2. The first-order valence-electron chi connectivity index (χ1n) is 13.9. The van der Waals surface area contributed by atoms with Crippen molar-refractivity contribution < 1.29 is 4.79 Å². The summed E-state index contributed by atoms with van der Waals surface area (Å²) in [6, 6.07) is 3.77. The van der Waals surface area contributed by atoms with Crippen LogP contribution in [0.1, 0.15) is 82.1 Å². The number of nitrogens with one attached hydrogen (secondary N) is 2. The highest BCUT2D eigenvalue weighted by Crippen LogP contribution is 2.40. The molecule has 2 aliphatic carbocycles. The van der Waals surface area contributed by atoms with E-state index in [-0.39, 0.29) is 11.4 Å². The van der Waals surface area contributed by atoms with E-state index in [1.54, 1.807) is 0 Å². The van der Waals surface area contributed by atoms with Gasteiger partial charge in [-0.25, -0.2) is 4.98 Å². The number of carbonyl (C=O) groups excluding carboxylic acids is 1. The van der Waals surface area contributed by atoms with E-state index < -0.39 is 0 Å². The van der Waals surface area contributed by atoms with Crippen LogP contribution in [0, 0.1) is 0 Å². The van der Waals surface area contributed by atoms with Crippen LogP contribution in [0.4, 0.5) is 5.95 Å². The van der Waals surface area contributed by atoms with E-state index in [0.29, 0.717) is 30.6 Å². The summed E-state index contributed by atoms with van der Waals surface area (Å²) < 4.78 is 2.26. The van der Waals surface area contributed by atoms with Gasteiger partial charge in [0.05, 0.1) is 5.54 Å². The fraction of sp³-hybridized carbons (Fsp3) is 0.741. The minimum absolute atomic E-state index is 0.0151. The SMILES string of the molecule is CC(C)N1CCN(C2CCC(Nc3ncc4cc5n(c4n3)C3(CCCCC3)CNC5=O)CC2)CC1. The lowest BCUT2D eigenvalue weighted by molar-refractivity contribution is 0.0630. The van der Waals surface area contributed by atoms with Crippen molar-refractivity contribution in [3.05, 3.63) is 18.0 Å². The summed E-state index contributed by atoms with van der Waals surface area (Å²) in [7, 11) is 0. The number of rotatable bonds is 4. The molecule has 35 heavy (non-hydrogen) atoms. The predicted octanol–water partition coefficient (Wildman–Crippen LogP) is 3.58. The number of piperazine rings is 1. The highest BCUT2D eigenvalue weighted by molar-refractivity contribution is 5.99. The molecule has 1 amide bonds. The fourth-order valence-corrected chi connectivity index (χ4v) is 7.12. The molecule has 0 aromatic carbocycles. The first-order chi connectivity index (χ1) is 17.0. The maximum Gasteiger partial charge on any atom is 0.268 e. The average Bonchev–Trinajstić information content (AvgIpc) is 3.28. The van der Waals surface area contributed by atoms with Gasteiger partial charge in [0.25, 0.3) is 5.91 Å². The monoisotopic (exact) mass is 479 g/mol. The average molecular weight is 480 g/mol. The largest absolute Gasteiger partial charge is 0.351 e. The second-order valence-electron chi connectivity index (χ2n) is 11.6. The zero-order valence-electron chi connectivity index (χ0n) is 21.4. The Hall–Kier alpha value is -2.19. The molecule has 4 heterocycles. The van der Waals surface area contributed by atoms with Crippen LogP contribution in [0.25, 0.3) is 11.0 Å². The normalized spacial score (nSPS) is 27.8. The van der Waals surface area contributed by atoms with Crippen LogP contribution in [-0.4, -0.2) is 81.1 Å². The van der Waals surface area contributed by atoms with Crippen molar-refractivity contribution in [3.8, 4) is 0 Å². The van der Waals surface area contributed by atoms with Crippen molar-refractivity contribution in [1.29, 1.82) is 0 Å².